The van der Waals surface area contributed by atoms with Gasteiger partial charge in [0.05, 0.1) is 5.94 Å². The third-order valence-electron chi connectivity index (χ3n) is 3.37. The van der Waals surface area contributed by atoms with Crippen molar-refractivity contribution in [2.45, 2.75) is 31.2 Å². The van der Waals surface area contributed by atoms with Crippen LogP contribution in [0.15, 0.2) is 11.4 Å². The van der Waals surface area contributed by atoms with Crippen molar-refractivity contribution in [2.24, 2.45) is 5.92 Å². The number of methoxy groups -OCH3 is 1. The highest BCUT2D eigenvalue weighted by Gasteiger charge is 2.22. The minimum absolute atomic E-state index is 0.646. The maximum absolute atomic E-state index is 5.14. The first-order valence-electron chi connectivity index (χ1n) is 6.16. The van der Waals surface area contributed by atoms with E-state index in [-0.39, 0.29) is 0 Å². The lowest BCUT2D eigenvalue weighted by atomic mass is 9.89. The lowest BCUT2D eigenvalue weighted by Crippen LogP contribution is -2.08. The molecule has 3 rings (SSSR count). The van der Waals surface area contributed by atoms with Gasteiger partial charge in [0.2, 0.25) is 0 Å². The molecule has 0 saturated heterocycles. The second-order valence-electron chi connectivity index (χ2n) is 4.76. The van der Waals surface area contributed by atoms with Crippen LogP contribution in [0.4, 0.5) is 0 Å². The Morgan fingerprint density at radius 2 is 2.39 bits per heavy atom. The number of hydrogen-bond acceptors (Lipinski definition) is 5. The number of rotatable bonds is 3. The molecule has 0 bridgehead atoms. The molecule has 0 unspecified atom stereocenters. The largest absolute Gasteiger partial charge is 0.374 e. The lowest BCUT2D eigenvalue weighted by molar-refractivity contribution is 0.258. The maximum atomic E-state index is 5.14. The third-order valence-corrected chi connectivity index (χ3v) is 5.47. The topological polar surface area (TPSA) is 35.0 Å². The van der Waals surface area contributed by atoms with Gasteiger partial charge in [-0.3, -0.25) is 0 Å². The average molecular weight is 280 g/mol. The first-order valence-corrected chi connectivity index (χ1v) is 7.96. The molecule has 5 heteroatoms. The average Bonchev–Trinajstić information content (AvgIpc) is 2.73. The molecule has 0 fully saturated rings. The number of hydrogen-bond donors (Lipinski definition) is 0. The van der Waals surface area contributed by atoms with Gasteiger partial charge in [0.1, 0.15) is 16.2 Å². The summed E-state index contributed by atoms with van der Waals surface area (Å²) >= 11 is 3.51. The first-order chi connectivity index (χ1) is 8.79. The molecule has 1 atom stereocenters. The highest BCUT2D eigenvalue weighted by Crippen LogP contribution is 2.40. The van der Waals surface area contributed by atoms with Crippen LogP contribution in [0, 0.1) is 5.92 Å². The standard InChI is InChI=1S/C13H16N2OS2/c1-8-3-4-9-10(5-8)18-13-11(9)12(14-6-15-13)17-7-16-2/h6,8H,3-5,7H2,1-2H3/t8-/m0/s1. The summed E-state index contributed by atoms with van der Waals surface area (Å²) < 4.78 is 5.14. The van der Waals surface area contributed by atoms with Crippen LogP contribution in [-0.4, -0.2) is 23.0 Å². The predicted molar refractivity (Wildman–Crippen MR) is 76.3 cm³/mol. The van der Waals surface area contributed by atoms with Crippen molar-refractivity contribution in [3.8, 4) is 0 Å². The summed E-state index contributed by atoms with van der Waals surface area (Å²) in [4.78, 5) is 11.5. The smallest absolute Gasteiger partial charge is 0.128 e. The Bertz CT molecular complexity index is 567. The van der Waals surface area contributed by atoms with Crippen molar-refractivity contribution in [3.63, 3.8) is 0 Å². The molecule has 0 saturated carbocycles. The summed E-state index contributed by atoms with van der Waals surface area (Å²) in [7, 11) is 1.72. The van der Waals surface area contributed by atoms with Crippen molar-refractivity contribution in [1.82, 2.24) is 9.97 Å². The Kier molecular flexibility index (Phi) is 3.54. The lowest BCUT2D eigenvalue weighted by Gasteiger charge is -2.18. The summed E-state index contributed by atoms with van der Waals surface area (Å²) in [6.45, 7) is 2.33. The fraction of sp³-hybridized carbons (Fsp3) is 0.538. The number of fused-ring (bicyclic) bond motifs is 3. The van der Waals surface area contributed by atoms with E-state index >= 15 is 0 Å². The summed E-state index contributed by atoms with van der Waals surface area (Å²) in [5, 5.41) is 2.36. The number of thioether (sulfide) groups is 1. The van der Waals surface area contributed by atoms with Crippen molar-refractivity contribution in [1.29, 1.82) is 0 Å². The van der Waals surface area contributed by atoms with Gasteiger partial charge in [-0.25, -0.2) is 9.97 Å². The predicted octanol–water partition coefficient (Wildman–Crippen LogP) is 3.51. The van der Waals surface area contributed by atoms with Crippen molar-refractivity contribution in [2.75, 3.05) is 13.0 Å². The van der Waals surface area contributed by atoms with Crippen LogP contribution < -0.4 is 0 Å². The van der Waals surface area contributed by atoms with Crippen LogP contribution in [0.5, 0.6) is 0 Å². The van der Waals surface area contributed by atoms with Gasteiger partial charge in [0, 0.05) is 17.4 Å². The van der Waals surface area contributed by atoms with Gasteiger partial charge < -0.3 is 4.74 Å². The van der Waals surface area contributed by atoms with Crippen LogP contribution in [0.25, 0.3) is 10.2 Å². The van der Waals surface area contributed by atoms with Crippen LogP contribution in [0.1, 0.15) is 23.8 Å². The zero-order valence-corrected chi connectivity index (χ0v) is 12.2. The molecule has 96 valence electrons. The van der Waals surface area contributed by atoms with E-state index in [0.717, 1.165) is 15.8 Å². The summed E-state index contributed by atoms with van der Waals surface area (Å²) in [5.41, 5.74) is 1.49. The minimum atomic E-state index is 0.646. The molecule has 0 radical (unpaired) electrons. The second kappa shape index (κ2) is 5.15. The summed E-state index contributed by atoms with van der Waals surface area (Å²) in [6.07, 6.45) is 5.32. The number of aromatic nitrogens is 2. The first kappa shape index (κ1) is 12.4. The molecule has 3 nitrogen and oxygen atoms in total. The van der Waals surface area contributed by atoms with Crippen molar-refractivity contribution >= 4 is 33.3 Å². The number of thiophene rings is 1. The van der Waals surface area contributed by atoms with E-state index in [2.05, 4.69) is 16.9 Å². The SMILES string of the molecule is COCSc1ncnc2sc3c(c12)CC[C@H](C)C3. The Labute approximate surface area is 115 Å². The number of aryl methyl sites for hydroxylation is 1. The third kappa shape index (κ3) is 2.15. The zero-order valence-electron chi connectivity index (χ0n) is 10.6. The molecule has 0 aliphatic heterocycles. The van der Waals surface area contributed by atoms with E-state index in [9.17, 15) is 0 Å². The van der Waals surface area contributed by atoms with Crippen LogP contribution in [0.2, 0.25) is 0 Å². The molecule has 2 aromatic rings. The van der Waals surface area contributed by atoms with Gasteiger partial charge in [0.15, 0.2) is 0 Å². The van der Waals surface area contributed by atoms with E-state index < -0.39 is 0 Å². The van der Waals surface area contributed by atoms with E-state index in [4.69, 9.17) is 4.74 Å². The second-order valence-corrected chi connectivity index (χ2v) is 6.76. The molecule has 0 N–H and O–H groups in total. The Morgan fingerprint density at radius 3 is 3.22 bits per heavy atom. The molecular weight excluding hydrogens is 264 g/mol. The molecule has 1 aliphatic carbocycles. The van der Waals surface area contributed by atoms with Gasteiger partial charge in [-0.15, -0.1) is 11.3 Å². The Balaban J connectivity index is 2.09. The quantitative estimate of drug-likeness (QED) is 0.489. The summed E-state index contributed by atoms with van der Waals surface area (Å²) in [5.74, 6) is 1.45. The van der Waals surface area contributed by atoms with Gasteiger partial charge in [-0.2, -0.15) is 0 Å². The number of ether oxygens (including phenoxy) is 1. The molecule has 0 spiro atoms. The van der Waals surface area contributed by atoms with Gasteiger partial charge in [-0.1, -0.05) is 18.7 Å². The zero-order chi connectivity index (χ0) is 12.5. The molecule has 2 aromatic heterocycles. The molecular formula is C13H16N2OS2. The van der Waals surface area contributed by atoms with E-state index in [1.807, 2.05) is 11.3 Å². The van der Waals surface area contributed by atoms with Gasteiger partial charge in [0.25, 0.3) is 0 Å². The minimum Gasteiger partial charge on any atom is -0.374 e. The van der Waals surface area contributed by atoms with E-state index in [0.29, 0.717) is 5.94 Å². The monoisotopic (exact) mass is 280 g/mol. The molecule has 0 amide bonds. The maximum Gasteiger partial charge on any atom is 0.128 e. The van der Waals surface area contributed by atoms with Crippen LogP contribution in [-0.2, 0) is 17.6 Å². The van der Waals surface area contributed by atoms with E-state index in [1.54, 1.807) is 25.2 Å². The highest BCUT2D eigenvalue weighted by atomic mass is 32.2. The Morgan fingerprint density at radius 1 is 1.50 bits per heavy atom. The normalized spacial score (nSPS) is 19.1. The fourth-order valence-electron chi connectivity index (χ4n) is 2.47. The van der Waals surface area contributed by atoms with Crippen molar-refractivity contribution < 1.29 is 4.74 Å². The van der Waals surface area contributed by atoms with E-state index in [1.165, 1.54) is 35.1 Å². The molecule has 0 aromatic carbocycles. The molecule has 18 heavy (non-hydrogen) atoms. The number of nitrogens with zero attached hydrogens (tertiary/aromatic N) is 2. The van der Waals surface area contributed by atoms with Crippen LogP contribution in [0.3, 0.4) is 0 Å². The van der Waals surface area contributed by atoms with Crippen molar-refractivity contribution in [3.05, 3.63) is 16.8 Å². The van der Waals surface area contributed by atoms with Crippen LogP contribution >= 0.6 is 23.1 Å². The molecule has 2 heterocycles. The Hall–Kier alpha value is -0.650. The van der Waals surface area contributed by atoms with Gasteiger partial charge in [-0.05, 0) is 30.7 Å². The molecule has 1 aliphatic rings. The highest BCUT2D eigenvalue weighted by molar-refractivity contribution is 7.99. The fourth-order valence-corrected chi connectivity index (χ4v) is 4.60. The van der Waals surface area contributed by atoms with Gasteiger partial charge >= 0.3 is 0 Å². The summed E-state index contributed by atoms with van der Waals surface area (Å²) in [6, 6.07) is 0.